The van der Waals surface area contributed by atoms with Crippen LogP contribution in [0.25, 0.3) is 0 Å². The molecule has 1 fully saturated rings. The number of rotatable bonds is 3. The summed E-state index contributed by atoms with van der Waals surface area (Å²) in [5.74, 6) is 1.22. The van der Waals surface area contributed by atoms with Gasteiger partial charge < -0.3 is 5.73 Å². The largest absolute Gasteiger partial charge is 0.384 e. The fourth-order valence-electron chi connectivity index (χ4n) is 2.96. The minimum Gasteiger partial charge on any atom is -0.384 e. The smallest absolute Gasteiger partial charge is 0.123 e. The van der Waals surface area contributed by atoms with Gasteiger partial charge >= 0.3 is 0 Å². The first kappa shape index (κ1) is 13.1. The van der Waals surface area contributed by atoms with Gasteiger partial charge in [0.2, 0.25) is 0 Å². The summed E-state index contributed by atoms with van der Waals surface area (Å²) in [5, 5.41) is 0. The second-order valence-corrected chi connectivity index (χ2v) is 5.44. The summed E-state index contributed by atoms with van der Waals surface area (Å²) >= 11 is 0. The van der Waals surface area contributed by atoms with E-state index in [2.05, 4.69) is 27.0 Å². The molecule has 0 amide bonds. The Kier molecular flexibility index (Phi) is 3.92. The first-order valence-electron chi connectivity index (χ1n) is 7.14. The summed E-state index contributed by atoms with van der Waals surface area (Å²) in [7, 11) is 0. The second kappa shape index (κ2) is 6.01. The molecule has 20 heavy (non-hydrogen) atoms. The molecule has 1 aliphatic heterocycles. The molecule has 4 heteroatoms. The molecule has 0 radical (unpaired) electrons. The number of nitrogens with two attached hydrogens (primary N) is 1. The number of anilines is 1. The van der Waals surface area contributed by atoms with Gasteiger partial charge in [-0.25, -0.2) is 4.98 Å². The van der Waals surface area contributed by atoms with Crippen molar-refractivity contribution in [1.82, 2.24) is 14.9 Å². The Bertz CT molecular complexity index is 555. The summed E-state index contributed by atoms with van der Waals surface area (Å²) in [6, 6.07) is 8.29. The average Bonchev–Trinajstić information content (AvgIpc) is 2.48. The van der Waals surface area contributed by atoms with E-state index in [0.29, 0.717) is 11.7 Å². The van der Waals surface area contributed by atoms with Gasteiger partial charge in [0.15, 0.2) is 0 Å². The molecular formula is C16H20N4. The Labute approximate surface area is 119 Å². The van der Waals surface area contributed by atoms with Gasteiger partial charge in [0.1, 0.15) is 5.82 Å². The summed E-state index contributed by atoms with van der Waals surface area (Å²) < 4.78 is 0. The van der Waals surface area contributed by atoms with Crippen LogP contribution >= 0.6 is 0 Å². The maximum atomic E-state index is 5.75. The van der Waals surface area contributed by atoms with E-state index >= 15 is 0 Å². The molecule has 0 saturated carbocycles. The highest BCUT2D eigenvalue weighted by molar-refractivity contribution is 5.31. The van der Waals surface area contributed by atoms with Crippen LogP contribution in [0, 0.1) is 0 Å². The fraction of sp³-hybridized carbons (Fsp3) is 0.375. The van der Waals surface area contributed by atoms with Crippen LogP contribution in [-0.2, 0) is 6.54 Å². The average molecular weight is 268 g/mol. The Morgan fingerprint density at radius 1 is 1.20 bits per heavy atom. The number of nitrogen functional groups attached to an aromatic ring is 1. The normalized spacial score (nSPS) is 19.9. The van der Waals surface area contributed by atoms with Gasteiger partial charge in [-0.05, 0) is 60.7 Å². The zero-order valence-corrected chi connectivity index (χ0v) is 11.6. The monoisotopic (exact) mass is 268 g/mol. The van der Waals surface area contributed by atoms with Crippen molar-refractivity contribution in [2.75, 3.05) is 18.8 Å². The molecule has 1 saturated heterocycles. The molecule has 1 atom stereocenters. The summed E-state index contributed by atoms with van der Waals surface area (Å²) in [6.45, 7) is 3.21. The third kappa shape index (κ3) is 3.14. The van der Waals surface area contributed by atoms with Crippen LogP contribution in [-0.4, -0.2) is 28.0 Å². The number of likely N-dealkylation sites (tertiary alicyclic amines) is 1. The molecule has 104 valence electrons. The molecule has 0 aromatic carbocycles. The third-order valence-electron chi connectivity index (χ3n) is 3.93. The van der Waals surface area contributed by atoms with Gasteiger partial charge in [0, 0.05) is 31.7 Å². The highest BCUT2D eigenvalue weighted by Crippen LogP contribution is 2.27. The molecule has 0 aliphatic carbocycles. The molecule has 2 N–H and O–H groups in total. The molecular weight excluding hydrogens is 248 g/mol. The summed E-state index contributed by atoms with van der Waals surface area (Å²) in [5.41, 5.74) is 8.39. The Morgan fingerprint density at radius 2 is 2.05 bits per heavy atom. The highest BCUT2D eigenvalue weighted by atomic mass is 15.1. The van der Waals surface area contributed by atoms with E-state index < -0.39 is 0 Å². The van der Waals surface area contributed by atoms with E-state index in [9.17, 15) is 0 Å². The van der Waals surface area contributed by atoms with Crippen molar-refractivity contribution in [3.05, 3.63) is 54.0 Å². The zero-order chi connectivity index (χ0) is 13.8. The van der Waals surface area contributed by atoms with Crippen molar-refractivity contribution in [2.24, 2.45) is 0 Å². The summed E-state index contributed by atoms with van der Waals surface area (Å²) in [4.78, 5) is 10.7. The lowest BCUT2D eigenvalue weighted by molar-refractivity contribution is 0.200. The second-order valence-electron chi connectivity index (χ2n) is 5.44. The van der Waals surface area contributed by atoms with Gasteiger partial charge in [-0.15, -0.1) is 0 Å². The number of piperidine rings is 1. The van der Waals surface area contributed by atoms with Crippen molar-refractivity contribution in [2.45, 2.75) is 25.3 Å². The molecule has 3 rings (SSSR count). The maximum absolute atomic E-state index is 5.75. The third-order valence-corrected chi connectivity index (χ3v) is 3.93. The van der Waals surface area contributed by atoms with Gasteiger partial charge in [0.25, 0.3) is 0 Å². The van der Waals surface area contributed by atoms with Crippen molar-refractivity contribution in [3.8, 4) is 0 Å². The van der Waals surface area contributed by atoms with Crippen LogP contribution in [0.3, 0.4) is 0 Å². The molecule has 4 nitrogen and oxygen atoms in total. The van der Waals surface area contributed by atoms with Gasteiger partial charge in [0.05, 0.1) is 0 Å². The Hall–Kier alpha value is -1.94. The lowest BCUT2D eigenvalue weighted by atomic mass is 9.91. The first-order valence-corrected chi connectivity index (χ1v) is 7.14. The van der Waals surface area contributed by atoms with Crippen LogP contribution in [0.5, 0.6) is 0 Å². The minimum atomic E-state index is 0.602. The SMILES string of the molecule is Nc1cc(CN2CCC[C@H](c3ccncc3)C2)ccn1. The molecule has 1 aliphatic rings. The van der Waals surface area contributed by atoms with E-state index in [-0.39, 0.29) is 0 Å². The van der Waals surface area contributed by atoms with E-state index in [1.165, 1.54) is 24.0 Å². The van der Waals surface area contributed by atoms with Crippen LogP contribution in [0.2, 0.25) is 0 Å². The fourth-order valence-corrected chi connectivity index (χ4v) is 2.96. The lowest BCUT2D eigenvalue weighted by Crippen LogP contribution is -2.33. The van der Waals surface area contributed by atoms with Crippen molar-refractivity contribution < 1.29 is 0 Å². The van der Waals surface area contributed by atoms with E-state index in [1.807, 2.05) is 24.5 Å². The van der Waals surface area contributed by atoms with Gasteiger partial charge in [-0.1, -0.05) is 0 Å². The molecule has 3 heterocycles. The van der Waals surface area contributed by atoms with E-state index in [1.54, 1.807) is 6.20 Å². The minimum absolute atomic E-state index is 0.602. The van der Waals surface area contributed by atoms with E-state index in [0.717, 1.165) is 19.6 Å². The molecule has 0 bridgehead atoms. The summed E-state index contributed by atoms with van der Waals surface area (Å²) in [6.07, 6.45) is 8.07. The van der Waals surface area contributed by atoms with Gasteiger partial charge in [-0.3, -0.25) is 9.88 Å². The standard InChI is InChI=1S/C16H20N4/c17-16-10-13(3-8-19-16)11-20-9-1-2-15(12-20)14-4-6-18-7-5-14/h3-8,10,15H,1-2,9,11-12H2,(H2,17,19)/t15-/m0/s1. The first-order chi connectivity index (χ1) is 9.81. The molecule has 2 aromatic heterocycles. The van der Waals surface area contributed by atoms with Crippen molar-refractivity contribution in [3.63, 3.8) is 0 Å². The Morgan fingerprint density at radius 3 is 2.85 bits per heavy atom. The van der Waals surface area contributed by atoms with Crippen LogP contribution in [0.4, 0.5) is 5.82 Å². The number of pyridine rings is 2. The van der Waals surface area contributed by atoms with Crippen LogP contribution in [0.1, 0.15) is 29.9 Å². The quantitative estimate of drug-likeness (QED) is 0.929. The van der Waals surface area contributed by atoms with Crippen LogP contribution < -0.4 is 5.73 Å². The lowest BCUT2D eigenvalue weighted by Gasteiger charge is -2.33. The van der Waals surface area contributed by atoms with Crippen LogP contribution in [0.15, 0.2) is 42.9 Å². The number of aromatic nitrogens is 2. The van der Waals surface area contributed by atoms with Crippen molar-refractivity contribution in [1.29, 1.82) is 0 Å². The van der Waals surface area contributed by atoms with Gasteiger partial charge in [-0.2, -0.15) is 0 Å². The zero-order valence-electron chi connectivity index (χ0n) is 11.6. The maximum Gasteiger partial charge on any atom is 0.123 e. The van der Waals surface area contributed by atoms with Crippen molar-refractivity contribution >= 4 is 5.82 Å². The highest BCUT2D eigenvalue weighted by Gasteiger charge is 2.21. The number of hydrogen-bond donors (Lipinski definition) is 1. The van der Waals surface area contributed by atoms with E-state index in [4.69, 9.17) is 5.73 Å². The number of hydrogen-bond acceptors (Lipinski definition) is 4. The molecule has 2 aromatic rings. The predicted octanol–water partition coefficient (Wildman–Crippen LogP) is 2.44. The molecule has 0 spiro atoms. The Balaban J connectivity index is 1.66. The number of nitrogens with zero attached hydrogens (tertiary/aromatic N) is 3. The topological polar surface area (TPSA) is 55.0 Å². The predicted molar refractivity (Wildman–Crippen MR) is 80.1 cm³/mol. The molecule has 0 unspecified atom stereocenters.